The minimum Gasteiger partial charge on any atom is -0.491 e. The molecule has 1 fully saturated rings. The molecular formula is C26H33NO. The molecule has 2 aromatic carbocycles. The first-order chi connectivity index (χ1) is 13.7. The third-order valence-electron chi connectivity index (χ3n) is 6.18. The first kappa shape index (κ1) is 19.3. The van der Waals surface area contributed by atoms with E-state index in [0.29, 0.717) is 11.8 Å². The number of rotatable bonds is 5. The van der Waals surface area contributed by atoms with Crippen LogP contribution in [0.5, 0.6) is 5.75 Å². The topological polar surface area (TPSA) is 12.5 Å². The summed E-state index contributed by atoms with van der Waals surface area (Å²) < 4.78 is 6.06. The molecule has 2 aromatic rings. The van der Waals surface area contributed by atoms with Gasteiger partial charge in [-0.1, -0.05) is 49.4 Å². The summed E-state index contributed by atoms with van der Waals surface area (Å²) in [6.07, 6.45) is 8.58. The molecule has 0 spiro atoms. The summed E-state index contributed by atoms with van der Waals surface area (Å²) in [6, 6.07) is 15.6. The highest BCUT2D eigenvalue weighted by Gasteiger charge is 2.32. The van der Waals surface area contributed by atoms with Gasteiger partial charge in [0.25, 0.3) is 0 Å². The van der Waals surface area contributed by atoms with Crippen LogP contribution in [0.4, 0.5) is 0 Å². The lowest BCUT2D eigenvalue weighted by Crippen LogP contribution is -2.36. The Balaban J connectivity index is 1.72. The Labute approximate surface area is 170 Å². The Morgan fingerprint density at radius 1 is 0.964 bits per heavy atom. The molecule has 1 heterocycles. The van der Waals surface area contributed by atoms with Gasteiger partial charge in [-0.3, -0.25) is 0 Å². The molecule has 1 atom stereocenters. The molecule has 0 amide bonds. The lowest BCUT2D eigenvalue weighted by atomic mass is 9.74. The number of nitrogens with zero attached hydrogens (tertiary/aromatic N) is 1. The Bertz CT molecular complexity index is 830. The molecule has 2 aliphatic rings. The van der Waals surface area contributed by atoms with E-state index in [4.69, 9.17) is 4.74 Å². The van der Waals surface area contributed by atoms with Crippen LogP contribution in [0, 0.1) is 5.92 Å². The normalized spacial score (nSPS) is 19.9. The summed E-state index contributed by atoms with van der Waals surface area (Å²) >= 11 is 0. The molecule has 1 unspecified atom stereocenters. The first-order valence-corrected chi connectivity index (χ1v) is 11.0. The van der Waals surface area contributed by atoms with Gasteiger partial charge in [-0.2, -0.15) is 0 Å². The summed E-state index contributed by atoms with van der Waals surface area (Å²) in [4.78, 5) is 2.64. The van der Waals surface area contributed by atoms with Crippen LogP contribution in [0.15, 0.2) is 42.5 Å². The quantitative estimate of drug-likeness (QED) is 0.616. The van der Waals surface area contributed by atoms with E-state index in [0.717, 1.165) is 5.75 Å². The highest BCUT2D eigenvalue weighted by atomic mass is 16.5. The van der Waals surface area contributed by atoms with Gasteiger partial charge in [0.05, 0.1) is 6.10 Å². The van der Waals surface area contributed by atoms with Crippen LogP contribution in [0.3, 0.4) is 0 Å². The van der Waals surface area contributed by atoms with E-state index >= 15 is 0 Å². The van der Waals surface area contributed by atoms with Crippen LogP contribution in [0.2, 0.25) is 0 Å². The van der Waals surface area contributed by atoms with Crippen molar-refractivity contribution in [2.45, 2.75) is 52.1 Å². The molecule has 2 heteroatoms. The number of ether oxygens (including phenoxy) is 1. The lowest BCUT2D eigenvalue weighted by Gasteiger charge is -2.37. The zero-order valence-corrected chi connectivity index (χ0v) is 17.5. The van der Waals surface area contributed by atoms with E-state index in [-0.39, 0.29) is 6.10 Å². The smallest absolute Gasteiger partial charge is 0.120 e. The number of hydrogen-bond acceptors (Lipinski definition) is 2. The fourth-order valence-corrected chi connectivity index (χ4v) is 4.95. The highest BCUT2D eigenvalue weighted by Crippen LogP contribution is 2.44. The largest absolute Gasteiger partial charge is 0.491 e. The number of hydrogen-bond donors (Lipinski definition) is 0. The maximum absolute atomic E-state index is 6.06. The average Bonchev–Trinajstić information content (AvgIpc) is 2.85. The standard InChI is InChI=1S/C26H33NO/c1-4-15-27-16-13-22(14-17-27)26-24-8-6-5-7-20(24)9-10-21-11-12-23(18-25(21)26)28-19(2)3/h5-12,18-19,22,26H,4,13-17H2,1-3H3. The molecule has 0 N–H and O–H groups in total. The van der Waals surface area contributed by atoms with Crippen molar-refractivity contribution in [3.05, 3.63) is 64.7 Å². The molecule has 4 rings (SSSR count). The Morgan fingerprint density at radius 3 is 2.39 bits per heavy atom. The zero-order valence-electron chi connectivity index (χ0n) is 17.5. The van der Waals surface area contributed by atoms with Crippen LogP contribution >= 0.6 is 0 Å². The molecule has 0 radical (unpaired) electrons. The van der Waals surface area contributed by atoms with Gasteiger partial charge in [0, 0.05) is 5.92 Å². The van der Waals surface area contributed by atoms with Crippen molar-refractivity contribution in [2.75, 3.05) is 19.6 Å². The average molecular weight is 376 g/mol. The van der Waals surface area contributed by atoms with E-state index in [1.807, 2.05) is 0 Å². The lowest BCUT2D eigenvalue weighted by molar-refractivity contribution is 0.175. The van der Waals surface area contributed by atoms with Gasteiger partial charge < -0.3 is 9.64 Å². The minimum atomic E-state index is 0.197. The first-order valence-electron chi connectivity index (χ1n) is 11.0. The van der Waals surface area contributed by atoms with Crippen molar-refractivity contribution < 1.29 is 4.74 Å². The van der Waals surface area contributed by atoms with Crippen LogP contribution < -0.4 is 4.74 Å². The minimum absolute atomic E-state index is 0.197. The van der Waals surface area contributed by atoms with Crippen molar-refractivity contribution in [2.24, 2.45) is 5.92 Å². The third-order valence-corrected chi connectivity index (χ3v) is 6.18. The van der Waals surface area contributed by atoms with Crippen molar-refractivity contribution >= 4 is 12.2 Å². The molecule has 0 bridgehead atoms. The molecule has 0 aromatic heterocycles. The Hall–Kier alpha value is -2.06. The second-order valence-corrected chi connectivity index (χ2v) is 8.58. The highest BCUT2D eigenvalue weighted by molar-refractivity contribution is 5.77. The fraction of sp³-hybridized carbons (Fsp3) is 0.462. The number of benzene rings is 2. The summed E-state index contributed by atoms with van der Waals surface area (Å²) in [7, 11) is 0. The van der Waals surface area contributed by atoms with E-state index in [2.05, 4.69) is 80.3 Å². The summed E-state index contributed by atoms with van der Waals surface area (Å²) in [5.74, 6) is 2.12. The predicted octanol–water partition coefficient (Wildman–Crippen LogP) is 6.21. The summed E-state index contributed by atoms with van der Waals surface area (Å²) in [5, 5.41) is 0. The second kappa shape index (κ2) is 8.53. The molecule has 0 saturated carbocycles. The van der Waals surface area contributed by atoms with Crippen molar-refractivity contribution in [1.82, 2.24) is 4.90 Å². The van der Waals surface area contributed by atoms with E-state index < -0.39 is 0 Å². The number of fused-ring (bicyclic) bond motifs is 2. The summed E-state index contributed by atoms with van der Waals surface area (Å²) in [5.41, 5.74) is 5.63. The molecular weight excluding hydrogens is 342 g/mol. The molecule has 1 aliphatic carbocycles. The van der Waals surface area contributed by atoms with Crippen molar-refractivity contribution in [3.63, 3.8) is 0 Å². The second-order valence-electron chi connectivity index (χ2n) is 8.58. The van der Waals surface area contributed by atoms with Crippen molar-refractivity contribution in [3.8, 4) is 5.75 Å². The van der Waals surface area contributed by atoms with Crippen LogP contribution in [-0.4, -0.2) is 30.6 Å². The van der Waals surface area contributed by atoms with Crippen LogP contribution in [0.1, 0.15) is 68.2 Å². The van der Waals surface area contributed by atoms with E-state index in [1.165, 1.54) is 61.2 Å². The van der Waals surface area contributed by atoms with Gasteiger partial charge in [-0.05, 0) is 93.0 Å². The van der Waals surface area contributed by atoms with E-state index in [9.17, 15) is 0 Å². The SMILES string of the molecule is CCCN1CCC(C2c3ccccc3C=Cc3ccc(OC(C)C)cc32)CC1. The molecule has 28 heavy (non-hydrogen) atoms. The van der Waals surface area contributed by atoms with Gasteiger partial charge in [0.1, 0.15) is 5.75 Å². The van der Waals surface area contributed by atoms with Crippen molar-refractivity contribution in [1.29, 1.82) is 0 Å². The number of likely N-dealkylation sites (tertiary alicyclic amines) is 1. The third kappa shape index (κ3) is 4.03. The Morgan fingerprint density at radius 2 is 1.68 bits per heavy atom. The maximum atomic E-state index is 6.06. The van der Waals surface area contributed by atoms with Crippen LogP contribution in [0.25, 0.3) is 12.2 Å². The van der Waals surface area contributed by atoms with Gasteiger partial charge >= 0.3 is 0 Å². The predicted molar refractivity (Wildman–Crippen MR) is 119 cm³/mol. The van der Waals surface area contributed by atoms with Crippen LogP contribution in [-0.2, 0) is 0 Å². The molecule has 2 nitrogen and oxygen atoms in total. The van der Waals surface area contributed by atoms with Gasteiger partial charge in [0.15, 0.2) is 0 Å². The zero-order chi connectivity index (χ0) is 19.5. The Kier molecular flexibility index (Phi) is 5.87. The van der Waals surface area contributed by atoms with Gasteiger partial charge in [-0.25, -0.2) is 0 Å². The number of piperidine rings is 1. The monoisotopic (exact) mass is 375 g/mol. The molecule has 1 aliphatic heterocycles. The van der Waals surface area contributed by atoms with Gasteiger partial charge in [0.2, 0.25) is 0 Å². The maximum Gasteiger partial charge on any atom is 0.120 e. The summed E-state index contributed by atoms with van der Waals surface area (Å²) in [6.45, 7) is 10.2. The van der Waals surface area contributed by atoms with Gasteiger partial charge in [-0.15, -0.1) is 0 Å². The fourth-order valence-electron chi connectivity index (χ4n) is 4.95. The van der Waals surface area contributed by atoms with E-state index in [1.54, 1.807) is 0 Å². The molecule has 148 valence electrons. The molecule has 1 saturated heterocycles.